The van der Waals surface area contributed by atoms with Crippen molar-refractivity contribution in [2.24, 2.45) is 0 Å². The molecule has 0 saturated heterocycles. The fraction of sp³-hybridized carbons (Fsp3) is 0.111. The highest BCUT2D eigenvalue weighted by Gasteiger charge is 2.08. The summed E-state index contributed by atoms with van der Waals surface area (Å²) < 4.78 is 1.62. The van der Waals surface area contributed by atoms with Crippen molar-refractivity contribution in [3.63, 3.8) is 0 Å². The Balaban J connectivity index is 1.80. The third-order valence-corrected chi connectivity index (χ3v) is 3.37. The molecule has 0 N–H and O–H groups in total. The van der Waals surface area contributed by atoms with Crippen molar-refractivity contribution in [3.05, 3.63) is 35.1 Å². The summed E-state index contributed by atoms with van der Waals surface area (Å²) in [7, 11) is 0. The summed E-state index contributed by atoms with van der Waals surface area (Å²) in [6, 6.07) is 7.23. The molecule has 2 heterocycles. The lowest BCUT2D eigenvalue weighted by Gasteiger charge is -2.04. The molecule has 0 radical (unpaired) electrons. The average Bonchev–Trinajstić information content (AvgIpc) is 3.08. The van der Waals surface area contributed by atoms with Gasteiger partial charge in [-0.25, -0.2) is 0 Å². The van der Waals surface area contributed by atoms with Crippen molar-refractivity contribution in [2.75, 3.05) is 0 Å². The SMILES string of the molecule is Clc1ccc(-n2nnnc2SCc2nnn[n-]2)cc1. The van der Waals surface area contributed by atoms with Crippen LogP contribution in [-0.4, -0.2) is 35.7 Å². The quantitative estimate of drug-likeness (QED) is 0.650. The Labute approximate surface area is 116 Å². The minimum atomic E-state index is 0.501. The summed E-state index contributed by atoms with van der Waals surface area (Å²) in [4.78, 5) is 0. The molecule has 0 aliphatic rings. The summed E-state index contributed by atoms with van der Waals surface area (Å²) >= 11 is 7.24. The normalized spacial score (nSPS) is 10.8. The van der Waals surface area contributed by atoms with Crippen LogP contribution < -0.4 is 5.10 Å². The zero-order valence-corrected chi connectivity index (χ0v) is 11.0. The zero-order chi connectivity index (χ0) is 13.1. The van der Waals surface area contributed by atoms with Gasteiger partial charge in [0.15, 0.2) is 0 Å². The average molecular weight is 294 g/mol. The van der Waals surface area contributed by atoms with Gasteiger partial charge in [0.1, 0.15) is 0 Å². The van der Waals surface area contributed by atoms with Crippen LogP contribution in [0.4, 0.5) is 0 Å². The van der Waals surface area contributed by atoms with Gasteiger partial charge in [0.05, 0.1) is 5.69 Å². The maximum Gasteiger partial charge on any atom is 0.214 e. The lowest BCUT2D eigenvalue weighted by atomic mass is 10.3. The lowest BCUT2D eigenvalue weighted by Crippen LogP contribution is -1.99. The minimum absolute atomic E-state index is 0.501. The van der Waals surface area contributed by atoms with Gasteiger partial charge in [-0.1, -0.05) is 23.4 Å². The topological polar surface area (TPSA) is 96.4 Å². The maximum atomic E-state index is 5.85. The molecular formula is C9H6ClN8S-. The Morgan fingerprint density at radius 2 is 2.00 bits per heavy atom. The summed E-state index contributed by atoms with van der Waals surface area (Å²) in [5, 5.41) is 27.1. The third-order valence-electron chi connectivity index (χ3n) is 2.20. The van der Waals surface area contributed by atoms with Crippen LogP contribution in [0.25, 0.3) is 5.69 Å². The van der Waals surface area contributed by atoms with Gasteiger partial charge >= 0.3 is 0 Å². The molecule has 0 aliphatic carbocycles. The van der Waals surface area contributed by atoms with E-state index in [1.807, 2.05) is 12.1 Å². The predicted molar refractivity (Wildman–Crippen MR) is 66.9 cm³/mol. The molecule has 0 spiro atoms. The van der Waals surface area contributed by atoms with Crippen molar-refractivity contribution in [2.45, 2.75) is 10.9 Å². The van der Waals surface area contributed by atoms with Crippen LogP contribution in [0.2, 0.25) is 5.02 Å². The molecule has 19 heavy (non-hydrogen) atoms. The molecule has 0 fully saturated rings. The van der Waals surface area contributed by atoms with E-state index < -0.39 is 0 Å². The summed E-state index contributed by atoms with van der Waals surface area (Å²) in [6.45, 7) is 0. The first kappa shape index (κ1) is 12.1. The fourth-order valence-corrected chi connectivity index (χ4v) is 2.22. The second-order valence-corrected chi connectivity index (χ2v) is 4.81. The van der Waals surface area contributed by atoms with E-state index in [0.29, 0.717) is 21.8 Å². The van der Waals surface area contributed by atoms with Gasteiger partial charge in [-0.3, -0.25) is 10.3 Å². The van der Waals surface area contributed by atoms with Crippen molar-refractivity contribution in [1.29, 1.82) is 0 Å². The van der Waals surface area contributed by atoms with E-state index >= 15 is 0 Å². The molecule has 1 aromatic carbocycles. The van der Waals surface area contributed by atoms with Crippen LogP contribution in [0.1, 0.15) is 5.82 Å². The van der Waals surface area contributed by atoms with Crippen molar-refractivity contribution in [3.8, 4) is 5.69 Å². The van der Waals surface area contributed by atoms with Crippen molar-refractivity contribution >= 4 is 23.4 Å². The molecule has 0 atom stereocenters. The van der Waals surface area contributed by atoms with Gasteiger partial charge in [0, 0.05) is 16.6 Å². The second kappa shape index (κ2) is 5.33. The van der Waals surface area contributed by atoms with Gasteiger partial charge in [-0.15, -0.1) is 5.10 Å². The van der Waals surface area contributed by atoms with Crippen LogP contribution in [0.5, 0.6) is 0 Å². The van der Waals surface area contributed by atoms with Gasteiger partial charge in [0.25, 0.3) is 0 Å². The summed E-state index contributed by atoms with van der Waals surface area (Å²) in [5.41, 5.74) is 0.830. The van der Waals surface area contributed by atoms with Gasteiger partial charge < -0.3 is 5.10 Å². The van der Waals surface area contributed by atoms with Crippen LogP contribution >= 0.6 is 23.4 Å². The molecule has 0 amide bonds. The first-order valence-corrected chi connectivity index (χ1v) is 6.54. The van der Waals surface area contributed by atoms with Gasteiger partial charge in [-0.2, -0.15) is 9.90 Å². The fourth-order valence-electron chi connectivity index (χ4n) is 1.36. The molecular weight excluding hydrogens is 288 g/mol. The Morgan fingerprint density at radius 3 is 2.74 bits per heavy atom. The molecule has 8 nitrogen and oxygen atoms in total. The van der Waals surface area contributed by atoms with E-state index in [9.17, 15) is 0 Å². The monoisotopic (exact) mass is 293 g/mol. The molecule has 0 bridgehead atoms. The smallest absolute Gasteiger partial charge is 0.214 e. The first-order valence-electron chi connectivity index (χ1n) is 5.17. The molecule has 10 heteroatoms. The molecule has 3 rings (SSSR count). The van der Waals surface area contributed by atoms with Gasteiger partial charge in [0.2, 0.25) is 5.16 Å². The Morgan fingerprint density at radius 1 is 1.16 bits per heavy atom. The van der Waals surface area contributed by atoms with Gasteiger partial charge in [-0.05, 0) is 34.7 Å². The molecule has 0 aliphatic heterocycles. The molecule has 3 aromatic rings. The summed E-state index contributed by atoms with van der Waals surface area (Å²) in [5.74, 6) is 1.04. The Kier molecular flexibility index (Phi) is 3.38. The van der Waals surface area contributed by atoms with E-state index in [4.69, 9.17) is 11.6 Å². The standard InChI is InChI=1S/C9H6ClN8S/c10-6-1-3-7(4-2-6)18-9(13-16-17-18)19-5-8-11-14-15-12-8/h1-4H,5H2/q-1. The van der Waals surface area contributed by atoms with Crippen LogP contribution in [0.3, 0.4) is 0 Å². The number of hydrogen-bond donors (Lipinski definition) is 0. The van der Waals surface area contributed by atoms with E-state index in [2.05, 4.69) is 36.1 Å². The molecule has 96 valence electrons. The van der Waals surface area contributed by atoms with E-state index in [-0.39, 0.29) is 0 Å². The number of thioether (sulfide) groups is 1. The zero-order valence-electron chi connectivity index (χ0n) is 9.38. The van der Waals surface area contributed by atoms with Crippen LogP contribution in [-0.2, 0) is 5.75 Å². The number of halogens is 1. The highest BCUT2D eigenvalue weighted by molar-refractivity contribution is 7.98. The lowest BCUT2D eigenvalue weighted by molar-refractivity contribution is 0.756. The van der Waals surface area contributed by atoms with Crippen LogP contribution in [0, 0.1) is 0 Å². The largest absolute Gasteiger partial charge is 0.335 e. The first-order chi connectivity index (χ1) is 9.33. The predicted octanol–water partition coefficient (Wildman–Crippen LogP) is 0.750. The highest BCUT2D eigenvalue weighted by Crippen LogP contribution is 2.21. The van der Waals surface area contributed by atoms with Crippen LogP contribution in [0.15, 0.2) is 29.4 Å². The number of aromatic nitrogens is 8. The number of benzene rings is 1. The van der Waals surface area contributed by atoms with E-state index in [1.54, 1.807) is 16.8 Å². The highest BCUT2D eigenvalue weighted by atomic mass is 35.5. The Hall–Kier alpha value is -2.00. The summed E-state index contributed by atoms with van der Waals surface area (Å²) in [6.07, 6.45) is 0. The number of nitrogens with zero attached hydrogens (tertiary/aromatic N) is 8. The molecule has 2 aromatic heterocycles. The van der Waals surface area contributed by atoms with E-state index in [1.165, 1.54) is 11.8 Å². The van der Waals surface area contributed by atoms with Crippen molar-refractivity contribution < 1.29 is 0 Å². The van der Waals surface area contributed by atoms with E-state index in [0.717, 1.165) is 5.69 Å². The molecule has 0 unspecified atom stereocenters. The van der Waals surface area contributed by atoms with Crippen molar-refractivity contribution in [1.82, 2.24) is 40.8 Å². The molecule has 0 saturated carbocycles. The third kappa shape index (κ3) is 2.71. The number of rotatable bonds is 4. The number of tetrazole rings is 2. The Bertz CT molecular complexity index is 649. The maximum absolute atomic E-state index is 5.85. The number of hydrogen-bond acceptors (Lipinski definition) is 7. The minimum Gasteiger partial charge on any atom is -0.335 e. The second-order valence-electron chi connectivity index (χ2n) is 3.43.